The summed E-state index contributed by atoms with van der Waals surface area (Å²) in [4.78, 5) is 0. The summed E-state index contributed by atoms with van der Waals surface area (Å²) in [6, 6.07) is 0. The first kappa shape index (κ1) is 11.5. The van der Waals surface area contributed by atoms with Crippen molar-refractivity contribution in [3.8, 4) is 0 Å². The summed E-state index contributed by atoms with van der Waals surface area (Å²) in [5.74, 6) is 1.08. The van der Waals surface area contributed by atoms with E-state index in [-0.39, 0.29) is 0 Å². The highest BCUT2D eigenvalue weighted by molar-refractivity contribution is 7.37. The Balaban J connectivity index is 1.86. The molecule has 0 bridgehead atoms. The molecule has 13 heavy (non-hydrogen) atoms. The van der Waals surface area contributed by atoms with Gasteiger partial charge in [0.05, 0.1) is 0 Å². The van der Waals surface area contributed by atoms with Gasteiger partial charge in [-0.05, 0) is 37.6 Å². The van der Waals surface area contributed by atoms with Gasteiger partial charge in [0.15, 0.2) is 0 Å². The fourth-order valence-electron chi connectivity index (χ4n) is 2.13. The molecule has 0 heterocycles. The summed E-state index contributed by atoms with van der Waals surface area (Å²) >= 11 is 0. The highest BCUT2D eigenvalue weighted by atomic mass is 31.1. The van der Waals surface area contributed by atoms with Crippen LogP contribution in [0, 0.1) is 5.92 Å². The van der Waals surface area contributed by atoms with Gasteiger partial charge >= 0.3 is 0 Å². The van der Waals surface area contributed by atoms with Crippen molar-refractivity contribution >= 4 is 8.58 Å². The predicted octanol–water partition coefficient (Wildman–Crippen LogP) is 2.98. The average molecular weight is 201 g/mol. The molecule has 2 N–H and O–H groups in total. The molecule has 1 rings (SSSR count). The lowest BCUT2D eigenvalue weighted by atomic mass is 9.88. The maximum atomic E-state index is 5.46. The molecule has 1 unspecified atom stereocenters. The fourth-order valence-corrected chi connectivity index (χ4v) is 3.45. The van der Waals surface area contributed by atoms with Crippen molar-refractivity contribution in [2.24, 2.45) is 11.7 Å². The quantitative estimate of drug-likeness (QED) is 0.519. The third-order valence-electron chi connectivity index (χ3n) is 3.01. The van der Waals surface area contributed by atoms with Crippen molar-refractivity contribution in [3.63, 3.8) is 0 Å². The van der Waals surface area contributed by atoms with E-state index in [0.29, 0.717) is 0 Å². The molecule has 0 aliphatic heterocycles. The van der Waals surface area contributed by atoms with Gasteiger partial charge < -0.3 is 5.73 Å². The first-order valence-corrected chi connectivity index (χ1v) is 7.25. The molecule has 0 saturated heterocycles. The molecule has 78 valence electrons. The Morgan fingerprint density at radius 3 is 2.54 bits per heavy atom. The van der Waals surface area contributed by atoms with Crippen LogP contribution in [0.2, 0.25) is 0 Å². The molecule has 1 aliphatic carbocycles. The third kappa shape index (κ3) is 5.65. The lowest BCUT2D eigenvalue weighted by Crippen LogP contribution is -2.07. The van der Waals surface area contributed by atoms with Gasteiger partial charge in [-0.2, -0.15) is 0 Å². The van der Waals surface area contributed by atoms with Crippen molar-refractivity contribution < 1.29 is 0 Å². The molecule has 1 atom stereocenters. The van der Waals surface area contributed by atoms with Crippen molar-refractivity contribution in [1.82, 2.24) is 0 Å². The minimum absolute atomic E-state index is 0.885. The average Bonchev–Trinajstić information content (AvgIpc) is 2.19. The topological polar surface area (TPSA) is 26.0 Å². The van der Waals surface area contributed by atoms with Gasteiger partial charge in [-0.1, -0.05) is 32.1 Å². The van der Waals surface area contributed by atoms with Crippen molar-refractivity contribution in [3.05, 3.63) is 0 Å². The Bertz CT molecular complexity index is 111. The standard InChI is InChI=1S/C11H24NP/c12-8-4-9-13-10-7-11-5-2-1-3-6-11/h11,13H,1-10,12H2. The molecule has 0 spiro atoms. The maximum absolute atomic E-state index is 5.46. The first-order valence-electron chi connectivity index (χ1n) is 5.84. The van der Waals surface area contributed by atoms with Crippen LogP contribution in [-0.2, 0) is 0 Å². The summed E-state index contributed by atoms with van der Waals surface area (Å²) in [7, 11) is 1.18. The summed E-state index contributed by atoms with van der Waals surface area (Å²) in [5, 5.41) is 0. The monoisotopic (exact) mass is 201 g/mol. The molecular formula is C11H24NP. The van der Waals surface area contributed by atoms with Crippen molar-refractivity contribution in [2.75, 3.05) is 18.9 Å². The number of hydrogen-bond donors (Lipinski definition) is 1. The highest BCUT2D eigenvalue weighted by Gasteiger charge is 2.12. The number of nitrogens with two attached hydrogens (primary N) is 1. The molecule has 2 heteroatoms. The van der Waals surface area contributed by atoms with E-state index in [9.17, 15) is 0 Å². The number of hydrogen-bond acceptors (Lipinski definition) is 1. The molecule has 0 aromatic carbocycles. The second-order valence-electron chi connectivity index (χ2n) is 4.18. The van der Waals surface area contributed by atoms with E-state index in [0.717, 1.165) is 12.5 Å². The molecule has 1 aliphatic rings. The van der Waals surface area contributed by atoms with E-state index in [2.05, 4.69) is 0 Å². The van der Waals surface area contributed by atoms with Crippen LogP contribution < -0.4 is 5.73 Å². The zero-order chi connectivity index (χ0) is 9.36. The Hall–Kier alpha value is 0.390. The zero-order valence-corrected chi connectivity index (χ0v) is 9.73. The van der Waals surface area contributed by atoms with Crippen LogP contribution in [0.5, 0.6) is 0 Å². The van der Waals surface area contributed by atoms with Gasteiger partial charge in [-0.3, -0.25) is 0 Å². The molecular weight excluding hydrogens is 177 g/mol. The van der Waals surface area contributed by atoms with Crippen molar-refractivity contribution in [2.45, 2.75) is 44.9 Å². The Labute approximate surface area is 84.6 Å². The predicted molar refractivity (Wildman–Crippen MR) is 62.9 cm³/mol. The van der Waals surface area contributed by atoms with Gasteiger partial charge in [0.1, 0.15) is 0 Å². The molecule has 0 amide bonds. The van der Waals surface area contributed by atoms with E-state index in [1.165, 1.54) is 65.9 Å². The van der Waals surface area contributed by atoms with Crippen LogP contribution >= 0.6 is 8.58 Å². The summed E-state index contributed by atoms with van der Waals surface area (Å²) in [6.45, 7) is 0.885. The van der Waals surface area contributed by atoms with Crippen LogP contribution in [-0.4, -0.2) is 18.9 Å². The Morgan fingerprint density at radius 2 is 1.85 bits per heavy atom. The fraction of sp³-hybridized carbons (Fsp3) is 1.00. The van der Waals surface area contributed by atoms with Gasteiger partial charge in [0, 0.05) is 0 Å². The van der Waals surface area contributed by atoms with E-state index in [4.69, 9.17) is 5.73 Å². The van der Waals surface area contributed by atoms with E-state index < -0.39 is 0 Å². The molecule has 0 aromatic rings. The van der Waals surface area contributed by atoms with Gasteiger partial charge in [0.25, 0.3) is 0 Å². The molecule has 1 fully saturated rings. The number of rotatable bonds is 6. The van der Waals surface area contributed by atoms with E-state index in [1.54, 1.807) is 0 Å². The first-order chi connectivity index (χ1) is 6.43. The van der Waals surface area contributed by atoms with E-state index >= 15 is 0 Å². The lowest BCUT2D eigenvalue weighted by molar-refractivity contribution is 0.351. The zero-order valence-electron chi connectivity index (χ0n) is 8.73. The van der Waals surface area contributed by atoms with E-state index in [1.807, 2.05) is 0 Å². The van der Waals surface area contributed by atoms with Crippen LogP contribution in [0.25, 0.3) is 0 Å². The smallest absolute Gasteiger partial charge is 0.00740 e. The third-order valence-corrected chi connectivity index (χ3v) is 4.36. The van der Waals surface area contributed by atoms with Crippen LogP contribution in [0.15, 0.2) is 0 Å². The minimum Gasteiger partial charge on any atom is -0.330 e. The second-order valence-corrected chi connectivity index (χ2v) is 5.68. The molecule has 1 nitrogen and oxygen atoms in total. The van der Waals surface area contributed by atoms with Gasteiger partial charge in [0.2, 0.25) is 0 Å². The highest BCUT2D eigenvalue weighted by Crippen LogP contribution is 2.28. The Kier molecular flexibility index (Phi) is 6.85. The minimum atomic E-state index is 0.885. The maximum Gasteiger partial charge on any atom is -0.00740 e. The normalized spacial score (nSPS) is 20.1. The molecule has 0 radical (unpaired) electrons. The summed E-state index contributed by atoms with van der Waals surface area (Å²) < 4.78 is 0. The van der Waals surface area contributed by atoms with Gasteiger partial charge in [-0.25, -0.2) is 0 Å². The summed E-state index contributed by atoms with van der Waals surface area (Å²) in [5.41, 5.74) is 5.46. The molecule has 0 aromatic heterocycles. The largest absolute Gasteiger partial charge is 0.330 e. The Morgan fingerprint density at radius 1 is 1.08 bits per heavy atom. The SMILES string of the molecule is NCCCPCCC1CCCCC1. The van der Waals surface area contributed by atoms with Crippen LogP contribution in [0.4, 0.5) is 0 Å². The second kappa shape index (κ2) is 7.76. The van der Waals surface area contributed by atoms with Gasteiger partial charge in [-0.15, -0.1) is 8.58 Å². The summed E-state index contributed by atoms with van der Waals surface area (Å²) in [6.07, 6.45) is 13.1. The van der Waals surface area contributed by atoms with Crippen molar-refractivity contribution in [1.29, 1.82) is 0 Å². The van der Waals surface area contributed by atoms with Crippen LogP contribution in [0.1, 0.15) is 44.9 Å². The van der Waals surface area contributed by atoms with Crippen LogP contribution in [0.3, 0.4) is 0 Å². The lowest BCUT2D eigenvalue weighted by Gasteiger charge is -2.21. The molecule has 1 saturated carbocycles.